The molecule has 0 atom stereocenters. The molecule has 0 aliphatic rings. The fourth-order valence-electron chi connectivity index (χ4n) is 0.873. The number of rotatable bonds is 2. The number of phenolic OH excluding ortho intramolecular Hbond substituents is 1. The van der Waals surface area contributed by atoms with Crippen LogP contribution in [0.2, 0.25) is 5.02 Å². The van der Waals surface area contributed by atoms with E-state index in [0.29, 0.717) is 0 Å². The molecule has 82 valence electrons. The fourth-order valence-corrected chi connectivity index (χ4v) is 2.22. The summed E-state index contributed by atoms with van der Waals surface area (Å²) in [6.07, 6.45) is 0. The maximum Gasteiger partial charge on any atom is 0.265 e. The highest BCUT2D eigenvalue weighted by molar-refractivity contribution is 8.13. The monoisotopic (exact) mass is 288 g/mol. The quantitative estimate of drug-likeness (QED) is 0.848. The minimum absolute atomic E-state index is 0.168. The smallest absolute Gasteiger partial charge is 0.265 e. The molecule has 0 amide bonds. The Balaban J connectivity index is 3.59. The summed E-state index contributed by atoms with van der Waals surface area (Å²) in [7, 11) is 0.827. The first-order valence-corrected chi connectivity index (χ1v) is 6.47. The van der Waals surface area contributed by atoms with Crippen molar-refractivity contribution < 1.29 is 18.3 Å². The van der Waals surface area contributed by atoms with Gasteiger partial charge in [0, 0.05) is 16.2 Å². The molecule has 1 N–H and O–H groups in total. The van der Waals surface area contributed by atoms with Crippen LogP contribution in [-0.2, 0) is 9.05 Å². The molecule has 4 nitrogen and oxygen atoms in total. The van der Waals surface area contributed by atoms with Gasteiger partial charge in [0.2, 0.25) is 0 Å². The zero-order valence-corrected chi connectivity index (χ0v) is 9.95. The lowest BCUT2D eigenvalue weighted by Gasteiger charge is -2.04. The molecule has 0 radical (unpaired) electrons. The van der Waals surface area contributed by atoms with Crippen molar-refractivity contribution in [2.24, 2.45) is 0 Å². The predicted molar refractivity (Wildman–Crippen MR) is 56.3 cm³/mol. The molecule has 1 aromatic carbocycles. The Morgan fingerprint density at radius 3 is 2.27 bits per heavy atom. The van der Waals surface area contributed by atoms with Gasteiger partial charge in [0.25, 0.3) is 14.3 Å². The summed E-state index contributed by atoms with van der Waals surface area (Å²) < 4.78 is 21.9. The van der Waals surface area contributed by atoms with E-state index in [4.69, 9.17) is 33.9 Å². The van der Waals surface area contributed by atoms with Crippen LogP contribution in [0, 0.1) is 0 Å². The molecule has 1 rings (SSSR count). The molecule has 0 heterocycles. The Morgan fingerprint density at radius 1 is 1.33 bits per heavy atom. The lowest BCUT2D eigenvalue weighted by molar-refractivity contribution is 0.108. The first-order valence-electron chi connectivity index (χ1n) is 3.40. The van der Waals surface area contributed by atoms with Crippen molar-refractivity contribution >= 4 is 48.2 Å². The number of carbonyl (C=O) groups excluding carboxylic acids is 1. The van der Waals surface area contributed by atoms with E-state index < -0.39 is 24.9 Å². The molecule has 15 heavy (non-hydrogen) atoms. The van der Waals surface area contributed by atoms with Gasteiger partial charge in [-0.25, -0.2) is 8.42 Å². The normalized spacial score (nSPS) is 11.4. The van der Waals surface area contributed by atoms with Crippen molar-refractivity contribution in [1.82, 2.24) is 0 Å². The zero-order valence-electron chi connectivity index (χ0n) is 6.87. The SMILES string of the molecule is O=C(Cl)c1cc(Cl)c(O)c(S(=O)(=O)Cl)c1. The van der Waals surface area contributed by atoms with Gasteiger partial charge in [-0.15, -0.1) is 0 Å². The second-order valence-corrected chi connectivity index (χ2v) is 5.80. The standard InChI is InChI=1S/C7H3Cl3O4S/c8-4-1-3(7(9)12)2-5(6(4)11)15(10,13)14/h1-2,11H. The van der Waals surface area contributed by atoms with E-state index in [1.807, 2.05) is 0 Å². The largest absolute Gasteiger partial charge is 0.505 e. The minimum Gasteiger partial charge on any atom is -0.505 e. The van der Waals surface area contributed by atoms with Crippen LogP contribution in [0.25, 0.3) is 0 Å². The molecule has 0 saturated carbocycles. The molecular formula is C7H3Cl3O4S. The van der Waals surface area contributed by atoms with Gasteiger partial charge >= 0.3 is 0 Å². The highest BCUT2D eigenvalue weighted by atomic mass is 35.7. The minimum atomic E-state index is -4.19. The number of carbonyl (C=O) groups is 1. The Kier molecular flexibility index (Phi) is 3.50. The van der Waals surface area contributed by atoms with Crippen LogP contribution in [0.5, 0.6) is 5.75 Å². The maximum absolute atomic E-state index is 11.0. The predicted octanol–water partition coefficient (Wildman–Crippen LogP) is 2.35. The molecule has 0 fully saturated rings. The van der Waals surface area contributed by atoms with E-state index in [9.17, 15) is 18.3 Å². The average molecular weight is 290 g/mol. The first-order chi connectivity index (χ1) is 6.73. The number of hydrogen-bond donors (Lipinski definition) is 1. The van der Waals surface area contributed by atoms with Gasteiger partial charge in [-0.1, -0.05) is 11.6 Å². The second-order valence-electron chi connectivity index (χ2n) is 2.52. The van der Waals surface area contributed by atoms with E-state index in [0.717, 1.165) is 12.1 Å². The summed E-state index contributed by atoms with van der Waals surface area (Å²) in [6, 6.07) is 1.89. The zero-order chi connectivity index (χ0) is 11.8. The highest BCUT2D eigenvalue weighted by Crippen LogP contribution is 2.34. The molecule has 0 spiro atoms. The number of hydrogen-bond acceptors (Lipinski definition) is 4. The molecule has 0 aliphatic heterocycles. The molecular weight excluding hydrogens is 286 g/mol. The summed E-state index contributed by atoms with van der Waals surface area (Å²) in [5.74, 6) is -0.715. The molecule has 0 aromatic heterocycles. The Bertz CT molecular complexity index is 523. The third-order valence-corrected chi connectivity index (χ3v) is 3.36. The lowest BCUT2D eigenvalue weighted by Crippen LogP contribution is -1.96. The van der Waals surface area contributed by atoms with Crippen molar-refractivity contribution in [1.29, 1.82) is 0 Å². The molecule has 0 bridgehead atoms. The summed E-state index contributed by atoms with van der Waals surface area (Å²) in [6.45, 7) is 0. The molecule has 0 aliphatic carbocycles. The third-order valence-electron chi connectivity index (χ3n) is 1.52. The Morgan fingerprint density at radius 2 is 1.87 bits per heavy atom. The number of benzene rings is 1. The Labute approximate surface area is 99.8 Å². The van der Waals surface area contributed by atoms with Crippen molar-refractivity contribution in [2.45, 2.75) is 4.90 Å². The van der Waals surface area contributed by atoms with Gasteiger partial charge in [0.05, 0.1) is 5.02 Å². The summed E-state index contributed by atoms with van der Waals surface area (Å²) in [5.41, 5.74) is -0.168. The lowest BCUT2D eigenvalue weighted by atomic mass is 10.2. The van der Waals surface area contributed by atoms with Gasteiger partial charge in [0.1, 0.15) is 4.90 Å². The van der Waals surface area contributed by atoms with Gasteiger partial charge in [-0.05, 0) is 23.7 Å². The second kappa shape index (κ2) is 4.17. The summed E-state index contributed by atoms with van der Waals surface area (Å²) in [5, 5.41) is 8.07. The van der Waals surface area contributed by atoms with E-state index in [2.05, 4.69) is 0 Å². The van der Waals surface area contributed by atoms with E-state index in [1.54, 1.807) is 0 Å². The maximum atomic E-state index is 11.0. The topological polar surface area (TPSA) is 71.4 Å². The number of aromatic hydroxyl groups is 1. The fraction of sp³-hybridized carbons (Fsp3) is 0. The third kappa shape index (κ3) is 2.75. The van der Waals surface area contributed by atoms with Gasteiger partial charge in [-0.2, -0.15) is 0 Å². The Hall–Kier alpha value is -0.490. The van der Waals surface area contributed by atoms with Crippen LogP contribution in [0.1, 0.15) is 10.4 Å². The molecule has 0 saturated heterocycles. The van der Waals surface area contributed by atoms with Crippen LogP contribution in [0.15, 0.2) is 17.0 Å². The number of phenols is 1. The summed E-state index contributed by atoms with van der Waals surface area (Å²) >= 11 is 10.6. The molecule has 1 aromatic rings. The highest BCUT2D eigenvalue weighted by Gasteiger charge is 2.20. The van der Waals surface area contributed by atoms with E-state index >= 15 is 0 Å². The van der Waals surface area contributed by atoms with Gasteiger partial charge in [-0.3, -0.25) is 4.79 Å². The number of halogens is 3. The molecule has 8 heteroatoms. The van der Waals surface area contributed by atoms with Crippen LogP contribution in [0.4, 0.5) is 0 Å². The van der Waals surface area contributed by atoms with Crippen molar-refractivity contribution in [3.63, 3.8) is 0 Å². The van der Waals surface area contributed by atoms with Crippen LogP contribution in [-0.4, -0.2) is 18.8 Å². The van der Waals surface area contributed by atoms with Crippen molar-refractivity contribution in [2.75, 3.05) is 0 Å². The van der Waals surface area contributed by atoms with Gasteiger partial charge < -0.3 is 5.11 Å². The first kappa shape index (κ1) is 12.6. The van der Waals surface area contributed by atoms with E-state index in [1.165, 1.54) is 0 Å². The van der Waals surface area contributed by atoms with Crippen LogP contribution < -0.4 is 0 Å². The van der Waals surface area contributed by atoms with Crippen LogP contribution >= 0.6 is 33.9 Å². The van der Waals surface area contributed by atoms with Crippen molar-refractivity contribution in [3.8, 4) is 5.75 Å². The average Bonchev–Trinajstić information content (AvgIpc) is 2.06. The van der Waals surface area contributed by atoms with E-state index in [-0.39, 0.29) is 10.6 Å². The summed E-state index contributed by atoms with van der Waals surface area (Å²) in [4.78, 5) is 10.1. The molecule has 0 unspecified atom stereocenters. The van der Waals surface area contributed by atoms with Crippen LogP contribution in [0.3, 0.4) is 0 Å². The van der Waals surface area contributed by atoms with Gasteiger partial charge in [0.15, 0.2) is 5.75 Å². The van der Waals surface area contributed by atoms with Crippen molar-refractivity contribution in [3.05, 3.63) is 22.7 Å².